The molecule has 0 atom stereocenters. The number of hydrogen-bond acceptors (Lipinski definition) is 2. The van der Waals surface area contributed by atoms with Gasteiger partial charge in [-0.2, -0.15) is 0 Å². The predicted octanol–water partition coefficient (Wildman–Crippen LogP) is 18.3. The van der Waals surface area contributed by atoms with Crippen molar-refractivity contribution in [2.75, 3.05) is 4.90 Å². The molecule has 1 aromatic heterocycles. The van der Waals surface area contributed by atoms with Crippen molar-refractivity contribution < 1.29 is 0 Å². The maximum absolute atomic E-state index is 2.46. The Morgan fingerprint density at radius 2 is 0.841 bits per heavy atom. The highest BCUT2D eigenvalue weighted by Gasteiger charge is 2.22. The van der Waals surface area contributed by atoms with Crippen molar-refractivity contribution in [1.29, 1.82) is 0 Å². The van der Waals surface area contributed by atoms with Gasteiger partial charge >= 0.3 is 0 Å². The van der Waals surface area contributed by atoms with Crippen LogP contribution >= 0.6 is 11.3 Å². The fourth-order valence-corrected chi connectivity index (χ4v) is 11.2. The Hall–Kier alpha value is -7.52. The van der Waals surface area contributed by atoms with E-state index in [0.29, 0.717) is 5.92 Å². The molecule has 1 heterocycles. The molecule has 0 saturated heterocycles. The second-order valence-corrected chi connectivity index (χ2v) is 18.1. The van der Waals surface area contributed by atoms with Crippen molar-refractivity contribution in [1.82, 2.24) is 0 Å². The van der Waals surface area contributed by atoms with Crippen LogP contribution in [0, 0.1) is 0 Å². The van der Waals surface area contributed by atoms with Crippen LogP contribution in [0.4, 0.5) is 17.1 Å². The smallest absolute Gasteiger partial charge is 0.0640 e. The predicted molar refractivity (Wildman–Crippen MR) is 274 cm³/mol. The standard InChI is InChI=1S/C61H43NS/c1-39(2)57-38-50-14-6-8-17-55(50)59-56-19-10-20-58(60(56)63-61(57)59)62(52-33-29-43(30-34-52)54-18-9-15-42-12-5-7-16-53(42)54)51-31-27-41(28-32-51)45-23-24-48-37-49(26-25-47(48)36-45)46-22-21-40-11-3-4-13-44(40)35-46/h3-39H,1-2H3. The van der Waals surface area contributed by atoms with Crippen LogP contribution in [0.15, 0.2) is 218 Å². The van der Waals surface area contributed by atoms with Gasteiger partial charge in [-0.05, 0) is 143 Å². The molecule has 0 N–H and O–H groups in total. The van der Waals surface area contributed by atoms with Crippen molar-refractivity contribution in [3.63, 3.8) is 0 Å². The third kappa shape index (κ3) is 6.45. The zero-order valence-corrected chi connectivity index (χ0v) is 36.0. The van der Waals surface area contributed by atoms with Crippen molar-refractivity contribution in [3.8, 4) is 33.4 Å². The van der Waals surface area contributed by atoms with Gasteiger partial charge in [-0.3, -0.25) is 0 Å². The second kappa shape index (κ2) is 15.1. The number of thiophene rings is 1. The fraction of sp³-hybridized carbons (Fsp3) is 0.0492. The van der Waals surface area contributed by atoms with Crippen LogP contribution in [-0.2, 0) is 0 Å². The number of hydrogen-bond donors (Lipinski definition) is 0. The van der Waals surface area contributed by atoms with Gasteiger partial charge in [-0.25, -0.2) is 0 Å². The van der Waals surface area contributed by atoms with Crippen LogP contribution in [0.5, 0.6) is 0 Å². The monoisotopic (exact) mass is 821 g/mol. The average Bonchev–Trinajstić information content (AvgIpc) is 3.74. The number of benzene rings is 11. The third-order valence-corrected chi connectivity index (χ3v) is 14.2. The molecule has 2 heteroatoms. The lowest BCUT2D eigenvalue weighted by Gasteiger charge is -2.26. The van der Waals surface area contributed by atoms with E-state index in [9.17, 15) is 0 Å². The van der Waals surface area contributed by atoms with E-state index in [1.807, 2.05) is 11.3 Å². The fourth-order valence-electron chi connectivity index (χ4n) is 9.73. The molecule has 0 radical (unpaired) electrons. The van der Waals surface area contributed by atoms with E-state index in [-0.39, 0.29) is 0 Å². The van der Waals surface area contributed by atoms with Crippen LogP contribution in [0.1, 0.15) is 25.3 Å². The van der Waals surface area contributed by atoms with Crippen molar-refractivity contribution in [2.45, 2.75) is 19.8 Å². The molecule has 0 spiro atoms. The van der Waals surface area contributed by atoms with Crippen LogP contribution in [0.25, 0.3) is 96.6 Å². The molecule has 12 rings (SSSR count). The zero-order valence-electron chi connectivity index (χ0n) is 35.2. The summed E-state index contributed by atoms with van der Waals surface area (Å²) in [4.78, 5) is 2.46. The minimum absolute atomic E-state index is 0.403. The van der Waals surface area contributed by atoms with Gasteiger partial charge < -0.3 is 4.90 Å². The first kappa shape index (κ1) is 37.3. The quantitative estimate of drug-likeness (QED) is 0.155. The number of fused-ring (bicyclic) bond motifs is 8. The van der Waals surface area contributed by atoms with Gasteiger partial charge in [0.25, 0.3) is 0 Å². The third-order valence-electron chi connectivity index (χ3n) is 13.0. The summed E-state index contributed by atoms with van der Waals surface area (Å²) in [6.07, 6.45) is 0. The molecular formula is C61H43NS. The second-order valence-electron chi connectivity index (χ2n) is 17.1. The van der Waals surface area contributed by atoms with Crippen LogP contribution in [0.2, 0.25) is 0 Å². The summed E-state index contributed by atoms with van der Waals surface area (Å²) in [5, 5.41) is 12.8. The van der Waals surface area contributed by atoms with E-state index in [1.54, 1.807) is 0 Å². The Balaban J connectivity index is 0.966. The van der Waals surface area contributed by atoms with Crippen LogP contribution < -0.4 is 4.90 Å². The first-order valence-electron chi connectivity index (χ1n) is 21.9. The highest BCUT2D eigenvalue weighted by molar-refractivity contribution is 7.26. The van der Waals surface area contributed by atoms with Crippen molar-refractivity contribution >= 4 is 91.7 Å². The summed E-state index contributed by atoms with van der Waals surface area (Å²) >= 11 is 1.94. The first-order valence-corrected chi connectivity index (χ1v) is 22.7. The molecule has 63 heavy (non-hydrogen) atoms. The maximum Gasteiger partial charge on any atom is 0.0640 e. The summed E-state index contributed by atoms with van der Waals surface area (Å²) < 4.78 is 2.68. The Morgan fingerprint density at radius 1 is 0.349 bits per heavy atom. The highest BCUT2D eigenvalue weighted by Crippen LogP contribution is 2.49. The maximum atomic E-state index is 2.46. The number of rotatable bonds is 7. The zero-order chi connectivity index (χ0) is 42.0. The van der Waals surface area contributed by atoms with E-state index in [0.717, 1.165) is 11.4 Å². The topological polar surface area (TPSA) is 3.24 Å². The van der Waals surface area contributed by atoms with Gasteiger partial charge in [0.05, 0.1) is 10.4 Å². The number of nitrogens with zero attached hydrogens (tertiary/aromatic N) is 1. The van der Waals surface area contributed by atoms with Gasteiger partial charge in [0.1, 0.15) is 0 Å². The van der Waals surface area contributed by atoms with Crippen molar-refractivity contribution in [3.05, 3.63) is 224 Å². The molecule has 0 amide bonds. The Morgan fingerprint density at radius 3 is 1.52 bits per heavy atom. The molecule has 0 unspecified atom stereocenters. The van der Waals surface area contributed by atoms with Crippen molar-refractivity contribution in [2.24, 2.45) is 0 Å². The summed E-state index contributed by atoms with van der Waals surface area (Å²) in [5.74, 6) is 0.403. The lowest BCUT2D eigenvalue weighted by molar-refractivity contribution is 0.879. The molecule has 0 aliphatic carbocycles. The molecule has 1 nitrogen and oxygen atoms in total. The largest absolute Gasteiger partial charge is 0.309 e. The molecule has 0 bridgehead atoms. The molecule has 11 aromatic carbocycles. The molecule has 12 aromatic rings. The van der Waals surface area contributed by atoms with Gasteiger partial charge in [-0.1, -0.05) is 178 Å². The lowest BCUT2D eigenvalue weighted by Crippen LogP contribution is -2.10. The molecule has 0 aliphatic heterocycles. The van der Waals surface area contributed by atoms with E-state index in [1.165, 1.54) is 108 Å². The summed E-state index contributed by atoms with van der Waals surface area (Å²) in [5.41, 5.74) is 12.2. The van der Waals surface area contributed by atoms with E-state index in [2.05, 4.69) is 237 Å². The Kier molecular flexibility index (Phi) is 8.95. The SMILES string of the molecule is CC(C)c1cc2ccccc2c2c1sc1c(N(c3ccc(-c4ccc5cc(-c6ccc7ccccc7c6)ccc5c4)cc3)c3ccc(-c4cccc5ccccc45)cc3)cccc12. The Labute approximate surface area is 371 Å². The average molecular weight is 822 g/mol. The van der Waals surface area contributed by atoms with Gasteiger partial charge in [0.2, 0.25) is 0 Å². The summed E-state index contributed by atoms with van der Waals surface area (Å²) in [6, 6.07) is 80.7. The van der Waals surface area contributed by atoms with Gasteiger partial charge in [0.15, 0.2) is 0 Å². The number of anilines is 3. The van der Waals surface area contributed by atoms with Gasteiger partial charge in [0, 0.05) is 26.8 Å². The molecular weight excluding hydrogens is 779 g/mol. The minimum Gasteiger partial charge on any atom is -0.309 e. The summed E-state index contributed by atoms with van der Waals surface area (Å²) in [7, 11) is 0. The highest BCUT2D eigenvalue weighted by atomic mass is 32.1. The van der Waals surface area contributed by atoms with Crippen LogP contribution in [-0.4, -0.2) is 0 Å². The molecule has 0 fully saturated rings. The van der Waals surface area contributed by atoms with E-state index in [4.69, 9.17) is 0 Å². The molecule has 298 valence electrons. The Bertz CT molecular complexity index is 3700. The van der Waals surface area contributed by atoms with Gasteiger partial charge in [-0.15, -0.1) is 11.3 Å². The lowest BCUT2D eigenvalue weighted by atomic mass is 9.95. The van der Waals surface area contributed by atoms with Crippen LogP contribution in [0.3, 0.4) is 0 Å². The summed E-state index contributed by atoms with van der Waals surface area (Å²) in [6.45, 7) is 4.64. The van der Waals surface area contributed by atoms with E-state index < -0.39 is 0 Å². The first-order chi connectivity index (χ1) is 31.0. The molecule has 0 aliphatic rings. The molecule has 0 saturated carbocycles. The van der Waals surface area contributed by atoms with E-state index >= 15 is 0 Å². The normalized spacial score (nSPS) is 11.8. The minimum atomic E-state index is 0.403.